The SMILES string of the molecule is C[Si](C)(C)SOC#N. The van der Waals surface area contributed by atoms with Crippen molar-refractivity contribution in [2.24, 2.45) is 0 Å². The molecule has 0 aliphatic carbocycles. The lowest BCUT2D eigenvalue weighted by Crippen LogP contribution is -2.13. The highest BCUT2D eigenvalue weighted by Crippen LogP contribution is 2.18. The van der Waals surface area contributed by atoms with Crippen LogP contribution in [0, 0.1) is 11.5 Å². The van der Waals surface area contributed by atoms with Crippen LogP contribution in [0.3, 0.4) is 0 Å². The third-order valence-electron chi connectivity index (χ3n) is 0.329. The van der Waals surface area contributed by atoms with Crippen molar-refractivity contribution in [3.63, 3.8) is 0 Å². The molecule has 0 rings (SSSR count). The normalized spacial score (nSPS) is 10.2. The van der Waals surface area contributed by atoms with Gasteiger partial charge in [-0.05, 0) is 0 Å². The molecule has 8 heavy (non-hydrogen) atoms. The van der Waals surface area contributed by atoms with Crippen molar-refractivity contribution in [2.45, 2.75) is 19.6 Å². The van der Waals surface area contributed by atoms with E-state index in [0.29, 0.717) is 0 Å². The van der Waals surface area contributed by atoms with Gasteiger partial charge in [0.05, 0.1) is 0 Å². The molecule has 0 atom stereocenters. The quantitative estimate of drug-likeness (QED) is 0.340. The Hall–Kier alpha value is -0.143. The number of nitrogens with zero attached hydrogens (tertiary/aromatic N) is 1. The summed E-state index contributed by atoms with van der Waals surface area (Å²) in [5.41, 5.74) is 0. The maximum atomic E-state index is 7.96. The third-order valence-corrected chi connectivity index (χ3v) is 2.74. The van der Waals surface area contributed by atoms with Crippen LogP contribution < -0.4 is 0 Å². The van der Waals surface area contributed by atoms with Gasteiger partial charge < -0.3 is 4.18 Å². The summed E-state index contributed by atoms with van der Waals surface area (Å²) in [6.07, 6.45) is 1.62. The Kier molecular flexibility index (Phi) is 2.94. The minimum absolute atomic E-state index is 1.21. The van der Waals surface area contributed by atoms with Gasteiger partial charge in [-0.3, -0.25) is 0 Å². The number of hydrogen-bond donors (Lipinski definition) is 0. The maximum absolute atomic E-state index is 7.96. The Morgan fingerprint density at radius 2 is 2.00 bits per heavy atom. The van der Waals surface area contributed by atoms with Crippen molar-refractivity contribution in [3.8, 4) is 6.26 Å². The fourth-order valence-electron chi connectivity index (χ4n) is 0.144. The van der Waals surface area contributed by atoms with Crippen LogP contribution in [0.5, 0.6) is 0 Å². The average molecular weight is 147 g/mol. The Bertz CT molecular complexity index is 104. The molecule has 46 valence electrons. The molecule has 0 radical (unpaired) electrons. The smallest absolute Gasteiger partial charge is 0.299 e. The first-order valence-corrected chi connectivity index (χ1v) is 7.26. The van der Waals surface area contributed by atoms with Crippen molar-refractivity contribution in [3.05, 3.63) is 0 Å². The second-order valence-electron chi connectivity index (χ2n) is 2.37. The van der Waals surface area contributed by atoms with E-state index in [-0.39, 0.29) is 0 Å². The van der Waals surface area contributed by atoms with Crippen LogP contribution in [0.4, 0.5) is 0 Å². The van der Waals surface area contributed by atoms with E-state index in [0.717, 1.165) is 0 Å². The van der Waals surface area contributed by atoms with E-state index in [1.54, 1.807) is 6.26 Å². The van der Waals surface area contributed by atoms with Crippen molar-refractivity contribution in [1.29, 1.82) is 5.26 Å². The third kappa shape index (κ3) is 5.86. The molecule has 0 aliphatic heterocycles. The van der Waals surface area contributed by atoms with E-state index >= 15 is 0 Å². The Morgan fingerprint density at radius 3 is 2.12 bits per heavy atom. The second-order valence-corrected chi connectivity index (χ2v) is 11.1. The van der Waals surface area contributed by atoms with Gasteiger partial charge in [-0.2, -0.15) is 0 Å². The summed E-state index contributed by atoms with van der Waals surface area (Å²) in [6.45, 7) is 6.36. The minimum atomic E-state index is -1.21. The molecule has 0 aliphatic rings. The summed E-state index contributed by atoms with van der Waals surface area (Å²) in [7, 11) is -1.21. The van der Waals surface area contributed by atoms with Crippen LogP contribution in [-0.2, 0) is 4.18 Å². The van der Waals surface area contributed by atoms with Gasteiger partial charge in [0.15, 0.2) is 7.22 Å². The highest BCUT2D eigenvalue weighted by molar-refractivity contribution is 8.25. The summed E-state index contributed by atoms with van der Waals surface area (Å²) in [6, 6.07) is 0. The van der Waals surface area contributed by atoms with Crippen LogP contribution in [0.1, 0.15) is 0 Å². The molecule has 0 aromatic rings. The molecule has 0 saturated carbocycles. The van der Waals surface area contributed by atoms with E-state index in [1.165, 1.54) is 11.5 Å². The van der Waals surface area contributed by atoms with Crippen LogP contribution in [-0.4, -0.2) is 7.22 Å². The molecule has 0 heterocycles. The van der Waals surface area contributed by atoms with Gasteiger partial charge in [0.1, 0.15) is 0 Å². The van der Waals surface area contributed by atoms with Gasteiger partial charge in [0, 0.05) is 11.5 Å². The largest absolute Gasteiger partial charge is 0.360 e. The molecule has 0 fully saturated rings. The zero-order valence-electron chi connectivity index (χ0n) is 5.26. The summed E-state index contributed by atoms with van der Waals surface area (Å²) in [5, 5.41) is 7.96. The molecule has 0 spiro atoms. The second kappa shape index (κ2) is 3.00. The van der Waals surface area contributed by atoms with Crippen LogP contribution >= 0.6 is 11.5 Å². The van der Waals surface area contributed by atoms with Crippen LogP contribution in [0.25, 0.3) is 0 Å². The highest BCUT2D eigenvalue weighted by Gasteiger charge is 2.15. The van der Waals surface area contributed by atoms with Gasteiger partial charge in [0.2, 0.25) is 0 Å². The monoisotopic (exact) mass is 147 g/mol. The fourth-order valence-corrected chi connectivity index (χ4v) is 1.29. The molecule has 0 bridgehead atoms. The molecule has 0 aromatic carbocycles. The molecule has 0 amide bonds. The lowest BCUT2D eigenvalue weighted by molar-refractivity contribution is 0.602. The van der Waals surface area contributed by atoms with E-state index in [2.05, 4.69) is 23.8 Å². The number of rotatable bonds is 2. The molecule has 0 saturated heterocycles. The van der Waals surface area contributed by atoms with Gasteiger partial charge in [0.25, 0.3) is 6.26 Å². The lowest BCUT2D eigenvalue weighted by Gasteiger charge is -2.08. The highest BCUT2D eigenvalue weighted by atomic mass is 32.4. The molecule has 0 aromatic heterocycles. The first kappa shape index (κ1) is 7.86. The maximum Gasteiger partial charge on any atom is 0.299 e. The summed E-state index contributed by atoms with van der Waals surface area (Å²) in [5.74, 6) is 0. The Morgan fingerprint density at radius 1 is 1.50 bits per heavy atom. The minimum Gasteiger partial charge on any atom is -0.360 e. The van der Waals surface area contributed by atoms with Gasteiger partial charge in [-0.25, -0.2) is 0 Å². The first-order valence-electron chi connectivity index (χ1n) is 2.30. The van der Waals surface area contributed by atoms with Gasteiger partial charge in [-0.15, -0.1) is 5.26 Å². The molecular weight excluding hydrogens is 138 g/mol. The zero-order valence-corrected chi connectivity index (χ0v) is 7.08. The van der Waals surface area contributed by atoms with Gasteiger partial charge in [-0.1, -0.05) is 19.6 Å². The summed E-state index contributed by atoms with van der Waals surface area (Å²) in [4.78, 5) is 0. The van der Waals surface area contributed by atoms with Crippen molar-refractivity contribution < 1.29 is 4.18 Å². The number of hydrogen-bond acceptors (Lipinski definition) is 3. The standard InChI is InChI=1S/C4H9NOSSi/c1-8(2,3)7-6-4-5/h1-3H3. The molecule has 0 N–H and O–H groups in total. The first-order chi connectivity index (χ1) is 3.56. The summed E-state index contributed by atoms with van der Waals surface area (Å²) >= 11 is 1.31. The molecular formula is C4H9NOSSi. The number of nitriles is 1. The van der Waals surface area contributed by atoms with E-state index in [1.807, 2.05) is 0 Å². The molecule has 2 nitrogen and oxygen atoms in total. The van der Waals surface area contributed by atoms with Crippen molar-refractivity contribution in [2.75, 3.05) is 0 Å². The van der Waals surface area contributed by atoms with Crippen molar-refractivity contribution >= 4 is 18.7 Å². The lowest BCUT2D eigenvalue weighted by atomic mass is 11.6. The van der Waals surface area contributed by atoms with Crippen LogP contribution in [0.2, 0.25) is 19.6 Å². The van der Waals surface area contributed by atoms with Gasteiger partial charge >= 0.3 is 0 Å². The Balaban J connectivity index is 3.28. The fraction of sp³-hybridized carbons (Fsp3) is 0.750. The zero-order chi connectivity index (χ0) is 6.62. The van der Waals surface area contributed by atoms with E-state index in [9.17, 15) is 0 Å². The summed E-state index contributed by atoms with van der Waals surface area (Å²) < 4.78 is 4.48. The van der Waals surface area contributed by atoms with E-state index in [4.69, 9.17) is 5.26 Å². The topological polar surface area (TPSA) is 33.0 Å². The Labute approximate surface area is 54.7 Å². The molecule has 0 unspecified atom stereocenters. The molecule has 4 heteroatoms. The predicted octanol–water partition coefficient (Wildman–Crippen LogP) is 1.97. The average Bonchev–Trinajstić information content (AvgIpc) is 1.59. The predicted molar refractivity (Wildman–Crippen MR) is 37.6 cm³/mol. The van der Waals surface area contributed by atoms with E-state index < -0.39 is 7.22 Å². The van der Waals surface area contributed by atoms with Crippen LogP contribution in [0.15, 0.2) is 0 Å². The van der Waals surface area contributed by atoms with Crippen molar-refractivity contribution in [1.82, 2.24) is 0 Å².